The Labute approximate surface area is 140 Å². The van der Waals surface area contributed by atoms with Crippen molar-refractivity contribution in [2.45, 2.75) is 13.0 Å². The number of hydrogen-bond acceptors (Lipinski definition) is 4. The molecule has 1 amide bonds. The number of benzene rings is 1. The molecule has 1 aromatic carbocycles. The van der Waals surface area contributed by atoms with Crippen molar-refractivity contribution in [1.82, 2.24) is 5.32 Å². The van der Waals surface area contributed by atoms with Crippen LogP contribution in [0.4, 0.5) is 5.69 Å². The second-order valence-electron chi connectivity index (χ2n) is 4.89. The number of carbonyl (C=O) groups is 1. The molecule has 23 heavy (non-hydrogen) atoms. The number of furan rings is 1. The molecule has 0 bridgehead atoms. The Morgan fingerprint density at radius 2 is 2.00 bits per heavy atom. The molecule has 0 saturated heterocycles. The predicted molar refractivity (Wildman–Crippen MR) is 88.8 cm³/mol. The van der Waals surface area contributed by atoms with Crippen molar-refractivity contribution >= 4 is 33.2 Å². The topological polar surface area (TPSA) is 79.6 Å². The minimum absolute atomic E-state index is 0.00650. The van der Waals surface area contributed by atoms with E-state index in [0.29, 0.717) is 16.5 Å². The molecule has 0 radical (unpaired) electrons. The van der Waals surface area contributed by atoms with E-state index in [-0.39, 0.29) is 25.4 Å². The van der Waals surface area contributed by atoms with Crippen LogP contribution in [0.5, 0.6) is 0 Å². The van der Waals surface area contributed by atoms with Crippen molar-refractivity contribution in [3.63, 3.8) is 0 Å². The standard InChI is InChI=1S/C15H17ClN2O4S/c1-23(20,21)18(14-7-3-2-6-13(14)16)9-8-15(19)17-11-12-5-4-10-22-12/h2-7,10H,8-9,11H2,1H3,(H,17,19). The maximum Gasteiger partial charge on any atom is 0.232 e. The second kappa shape index (κ2) is 7.52. The van der Waals surface area contributed by atoms with Crippen LogP contribution >= 0.6 is 11.6 Å². The Morgan fingerprint density at radius 1 is 1.26 bits per heavy atom. The van der Waals surface area contributed by atoms with Gasteiger partial charge in [0.2, 0.25) is 15.9 Å². The molecular formula is C15H17ClN2O4S. The quantitative estimate of drug-likeness (QED) is 0.826. The largest absolute Gasteiger partial charge is 0.467 e. The van der Waals surface area contributed by atoms with Crippen LogP contribution in [-0.4, -0.2) is 27.1 Å². The smallest absolute Gasteiger partial charge is 0.232 e. The van der Waals surface area contributed by atoms with Gasteiger partial charge in [0.1, 0.15) is 5.76 Å². The first-order valence-electron chi connectivity index (χ1n) is 6.89. The van der Waals surface area contributed by atoms with Crippen molar-refractivity contribution in [3.8, 4) is 0 Å². The van der Waals surface area contributed by atoms with E-state index < -0.39 is 10.0 Å². The first kappa shape index (κ1) is 17.4. The van der Waals surface area contributed by atoms with E-state index in [1.165, 1.54) is 6.26 Å². The van der Waals surface area contributed by atoms with Crippen LogP contribution in [0.25, 0.3) is 0 Å². The summed E-state index contributed by atoms with van der Waals surface area (Å²) in [5.74, 6) is 0.353. The Morgan fingerprint density at radius 3 is 2.61 bits per heavy atom. The number of halogens is 1. The Hall–Kier alpha value is -1.99. The normalized spacial score (nSPS) is 11.2. The molecule has 2 aromatic rings. The fourth-order valence-electron chi connectivity index (χ4n) is 2.01. The number of amides is 1. The van der Waals surface area contributed by atoms with Crippen molar-refractivity contribution in [3.05, 3.63) is 53.4 Å². The van der Waals surface area contributed by atoms with Crippen molar-refractivity contribution in [2.24, 2.45) is 0 Å². The molecule has 2 rings (SSSR count). The summed E-state index contributed by atoms with van der Waals surface area (Å²) in [6.07, 6.45) is 2.61. The zero-order valence-corrected chi connectivity index (χ0v) is 14.1. The highest BCUT2D eigenvalue weighted by Crippen LogP contribution is 2.27. The first-order valence-corrected chi connectivity index (χ1v) is 9.12. The number of hydrogen-bond donors (Lipinski definition) is 1. The zero-order valence-electron chi connectivity index (χ0n) is 12.5. The van der Waals surface area contributed by atoms with Gasteiger partial charge >= 0.3 is 0 Å². The fourth-order valence-corrected chi connectivity index (χ4v) is 3.24. The van der Waals surface area contributed by atoms with E-state index in [0.717, 1.165) is 10.6 Å². The molecule has 0 fully saturated rings. The van der Waals surface area contributed by atoms with E-state index in [4.69, 9.17) is 16.0 Å². The van der Waals surface area contributed by atoms with Gasteiger partial charge in [-0.15, -0.1) is 0 Å². The summed E-state index contributed by atoms with van der Waals surface area (Å²) in [6, 6.07) is 10.1. The summed E-state index contributed by atoms with van der Waals surface area (Å²) in [5.41, 5.74) is 0.357. The molecule has 0 aliphatic heterocycles. The zero-order chi connectivity index (χ0) is 16.9. The number of anilines is 1. The highest BCUT2D eigenvalue weighted by molar-refractivity contribution is 7.92. The van der Waals surface area contributed by atoms with Gasteiger partial charge in [-0.25, -0.2) is 8.42 Å². The van der Waals surface area contributed by atoms with Crippen LogP contribution in [0.15, 0.2) is 47.1 Å². The molecule has 8 heteroatoms. The van der Waals surface area contributed by atoms with Gasteiger partial charge in [-0.1, -0.05) is 23.7 Å². The van der Waals surface area contributed by atoms with Crippen LogP contribution in [0, 0.1) is 0 Å². The van der Waals surface area contributed by atoms with Crippen LogP contribution in [0.1, 0.15) is 12.2 Å². The lowest BCUT2D eigenvalue weighted by molar-refractivity contribution is -0.121. The minimum Gasteiger partial charge on any atom is -0.467 e. The number of sulfonamides is 1. The van der Waals surface area contributed by atoms with Gasteiger partial charge < -0.3 is 9.73 Å². The molecule has 0 unspecified atom stereocenters. The van der Waals surface area contributed by atoms with Crippen LogP contribution in [0.3, 0.4) is 0 Å². The van der Waals surface area contributed by atoms with Gasteiger partial charge in [-0.2, -0.15) is 0 Å². The van der Waals surface area contributed by atoms with E-state index in [1.807, 2.05) is 0 Å². The van der Waals surface area contributed by atoms with Gasteiger partial charge in [0.25, 0.3) is 0 Å². The molecule has 1 aromatic heterocycles. The van der Waals surface area contributed by atoms with E-state index in [1.54, 1.807) is 36.4 Å². The number of rotatable bonds is 7. The summed E-state index contributed by atoms with van der Waals surface area (Å²) >= 11 is 6.05. The summed E-state index contributed by atoms with van der Waals surface area (Å²) in [7, 11) is -3.54. The van der Waals surface area contributed by atoms with E-state index >= 15 is 0 Å². The summed E-state index contributed by atoms with van der Waals surface area (Å²) < 4.78 is 30.2. The lowest BCUT2D eigenvalue weighted by atomic mass is 10.3. The fraction of sp³-hybridized carbons (Fsp3) is 0.267. The average molecular weight is 357 g/mol. The molecule has 124 valence electrons. The molecule has 0 atom stereocenters. The SMILES string of the molecule is CS(=O)(=O)N(CCC(=O)NCc1ccco1)c1ccccc1Cl. The molecule has 1 heterocycles. The maximum absolute atomic E-state index is 12.0. The number of nitrogens with one attached hydrogen (secondary N) is 1. The summed E-state index contributed by atoms with van der Waals surface area (Å²) in [4.78, 5) is 11.9. The molecular weight excluding hydrogens is 340 g/mol. The third-order valence-corrected chi connectivity index (χ3v) is 4.60. The van der Waals surface area contributed by atoms with Gasteiger partial charge in [0, 0.05) is 13.0 Å². The highest BCUT2D eigenvalue weighted by Gasteiger charge is 2.20. The number of carbonyl (C=O) groups excluding carboxylic acids is 1. The van der Waals surface area contributed by atoms with E-state index in [2.05, 4.69) is 5.32 Å². The van der Waals surface area contributed by atoms with Gasteiger partial charge in [-0.3, -0.25) is 9.10 Å². The highest BCUT2D eigenvalue weighted by atomic mass is 35.5. The third-order valence-electron chi connectivity index (χ3n) is 3.10. The Balaban J connectivity index is 1.99. The van der Waals surface area contributed by atoms with Gasteiger partial charge in [0.15, 0.2) is 0 Å². The third kappa shape index (κ3) is 5.01. The Bertz CT molecular complexity index is 760. The molecule has 0 saturated carbocycles. The van der Waals surface area contributed by atoms with Crippen LogP contribution in [0.2, 0.25) is 5.02 Å². The maximum atomic E-state index is 12.0. The molecule has 1 N–H and O–H groups in total. The van der Waals surface area contributed by atoms with Crippen molar-refractivity contribution in [1.29, 1.82) is 0 Å². The van der Waals surface area contributed by atoms with Gasteiger partial charge in [-0.05, 0) is 24.3 Å². The van der Waals surface area contributed by atoms with Crippen molar-refractivity contribution < 1.29 is 17.6 Å². The lowest BCUT2D eigenvalue weighted by Gasteiger charge is -2.23. The summed E-state index contributed by atoms with van der Waals surface area (Å²) in [5, 5.41) is 2.98. The molecule has 0 aliphatic rings. The van der Waals surface area contributed by atoms with Crippen molar-refractivity contribution in [2.75, 3.05) is 17.1 Å². The number of para-hydroxylation sites is 1. The minimum atomic E-state index is -3.54. The monoisotopic (exact) mass is 356 g/mol. The second-order valence-corrected chi connectivity index (χ2v) is 7.21. The molecule has 0 spiro atoms. The first-order chi connectivity index (χ1) is 10.9. The van der Waals surface area contributed by atoms with Crippen LogP contribution in [-0.2, 0) is 21.4 Å². The number of nitrogens with zero attached hydrogens (tertiary/aromatic N) is 1. The van der Waals surface area contributed by atoms with Gasteiger partial charge in [0.05, 0.1) is 29.8 Å². The Kier molecular flexibility index (Phi) is 5.68. The summed E-state index contributed by atoms with van der Waals surface area (Å²) in [6.45, 7) is 0.267. The predicted octanol–water partition coefficient (Wildman–Crippen LogP) is 2.41. The molecule has 6 nitrogen and oxygen atoms in total. The van der Waals surface area contributed by atoms with E-state index in [9.17, 15) is 13.2 Å². The lowest BCUT2D eigenvalue weighted by Crippen LogP contribution is -2.34. The molecule has 0 aliphatic carbocycles. The average Bonchev–Trinajstić information content (AvgIpc) is 2.99. The van der Waals surface area contributed by atoms with Crippen LogP contribution < -0.4 is 9.62 Å².